The lowest BCUT2D eigenvalue weighted by Crippen LogP contribution is -2.40. The topological polar surface area (TPSA) is 49.8 Å². The van der Waals surface area contributed by atoms with Crippen LogP contribution >= 0.6 is 15.9 Å². The zero-order valence-electron chi connectivity index (χ0n) is 10.2. The first-order valence-electron chi connectivity index (χ1n) is 5.92. The van der Waals surface area contributed by atoms with Gasteiger partial charge in [0.2, 0.25) is 0 Å². The van der Waals surface area contributed by atoms with Crippen LogP contribution < -0.4 is 0 Å². The normalized spacial score (nSPS) is 16.9. The van der Waals surface area contributed by atoms with Gasteiger partial charge in [-0.05, 0) is 31.0 Å². The Balaban J connectivity index is 2.08. The fourth-order valence-corrected chi connectivity index (χ4v) is 2.50. The minimum Gasteiger partial charge on any atom is -0.507 e. The Morgan fingerprint density at radius 2 is 2.11 bits per heavy atom. The van der Waals surface area contributed by atoms with Crippen molar-refractivity contribution < 1.29 is 14.6 Å². The quantitative estimate of drug-likeness (QED) is 0.912. The highest BCUT2D eigenvalue weighted by atomic mass is 79.9. The summed E-state index contributed by atoms with van der Waals surface area (Å²) in [5.74, 6) is -0.0993. The first-order valence-corrected chi connectivity index (χ1v) is 6.71. The summed E-state index contributed by atoms with van der Waals surface area (Å²) >= 11 is 3.26. The van der Waals surface area contributed by atoms with Crippen LogP contribution in [0.2, 0.25) is 0 Å². The number of piperidine rings is 1. The molecule has 1 amide bonds. The zero-order chi connectivity index (χ0) is 13.1. The lowest BCUT2D eigenvalue weighted by atomic mass is 10.1. The molecule has 1 heterocycles. The predicted molar refractivity (Wildman–Crippen MR) is 71.7 cm³/mol. The third-order valence-corrected chi connectivity index (χ3v) is 3.75. The fraction of sp³-hybridized carbons (Fsp3) is 0.462. The molecule has 1 aromatic rings. The number of carbonyl (C=O) groups excluding carboxylic acids is 1. The number of rotatable bonds is 2. The summed E-state index contributed by atoms with van der Waals surface area (Å²) in [6.45, 7) is 1.35. The fourth-order valence-electron chi connectivity index (χ4n) is 2.15. The van der Waals surface area contributed by atoms with Gasteiger partial charge in [0.15, 0.2) is 0 Å². The number of phenolic OH excluding ortho intramolecular Hbond substituents is 1. The van der Waals surface area contributed by atoms with Crippen LogP contribution in [0.15, 0.2) is 22.7 Å². The number of benzene rings is 1. The lowest BCUT2D eigenvalue weighted by Gasteiger charge is -2.31. The molecule has 1 aliphatic heterocycles. The van der Waals surface area contributed by atoms with Crippen molar-refractivity contribution in [2.45, 2.75) is 18.9 Å². The lowest BCUT2D eigenvalue weighted by molar-refractivity contribution is 0.0349. The number of carbonyl (C=O) groups is 1. The van der Waals surface area contributed by atoms with Gasteiger partial charge >= 0.3 is 0 Å². The van der Waals surface area contributed by atoms with E-state index in [0.29, 0.717) is 18.7 Å². The number of halogens is 1. The molecule has 0 aliphatic carbocycles. The molecular weight excluding hydrogens is 298 g/mol. The summed E-state index contributed by atoms with van der Waals surface area (Å²) in [6.07, 6.45) is 1.94. The average molecular weight is 314 g/mol. The monoisotopic (exact) mass is 313 g/mol. The Labute approximate surface area is 115 Å². The predicted octanol–water partition coefficient (Wildman–Crippen LogP) is 2.41. The maximum atomic E-state index is 12.2. The molecular formula is C13H16BrNO3. The van der Waals surface area contributed by atoms with Gasteiger partial charge in [0, 0.05) is 24.7 Å². The molecule has 1 saturated heterocycles. The number of nitrogens with zero attached hydrogens (tertiary/aromatic N) is 1. The highest BCUT2D eigenvalue weighted by molar-refractivity contribution is 9.10. The summed E-state index contributed by atoms with van der Waals surface area (Å²) in [7, 11) is 1.70. The van der Waals surface area contributed by atoms with Crippen molar-refractivity contribution in [3.63, 3.8) is 0 Å². The molecule has 4 nitrogen and oxygen atoms in total. The van der Waals surface area contributed by atoms with E-state index in [0.717, 1.165) is 17.3 Å². The van der Waals surface area contributed by atoms with Crippen molar-refractivity contribution in [3.8, 4) is 5.75 Å². The van der Waals surface area contributed by atoms with Gasteiger partial charge in [-0.1, -0.05) is 15.9 Å². The molecule has 0 atom stereocenters. The van der Waals surface area contributed by atoms with E-state index < -0.39 is 0 Å². The second-order valence-electron chi connectivity index (χ2n) is 4.39. The summed E-state index contributed by atoms with van der Waals surface area (Å²) in [6, 6.07) is 4.94. The largest absolute Gasteiger partial charge is 0.507 e. The van der Waals surface area contributed by atoms with Crippen molar-refractivity contribution in [1.29, 1.82) is 0 Å². The average Bonchev–Trinajstić information content (AvgIpc) is 2.38. The third-order valence-electron chi connectivity index (χ3n) is 3.25. The van der Waals surface area contributed by atoms with E-state index in [1.807, 2.05) is 0 Å². The van der Waals surface area contributed by atoms with Crippen LogP contribution in [0.5, 0.6) is 5.75 Å². The van der Waals surface area contributed by atoms with Gasteiger partial charge in [0.05, 0.1) is 11.7 Å². The molecule has 1 N–H and O–H groups in total. The van der Waals surface area contributed by atoms with E-state index in [4.69, 9.17) is 4.74 Å². The summed E-state index contributed by atoms with van der Waals surface area (Å²) in [4.78, 5) is 14.0. The number of aromatic hydroxyl groups is 1. The number of amides is 1. The zero-order valence-corrected chi connectivity index (χ0v) is 11.8. The van der Waals surface area contributed by atoms with Gasteiger partial charge in [-0.3, -0.25) is 4.79 Å². The molecule has 0 bridgehead atoms. The standard InChI is InChI=1S/C13H16BrNO3/c1-18-10-4-6-15(7-5-10)13(17)11-3-2-9(14)8-12(11)16/h2-3,8,10,16H,4-7H2,1H3. The van der Waals surface area contributed by atoms with Crippen LogP contribution in [0.4, 0.5) is 0 Å². The van der Waals surface area contributed by atoms with E-state index in [2.05, 4.69) is 15.9 Å². The summed E-state index contributed by atoms with van der Waals surface area (Å²) in [5.41, 5.74) is 0.356. The van der Waals surface area contributed by atoms with Gasteiger partial charge < -0.3 is 14.7 Å². The van der Waals surface area contributed by atoms with Gasteiger partial charge in [0.25, 0.3) is 5.91 Å². The van der Waals surface area contributed by atoms with Crippen LogP contribution in [0, 0.1) is 0 Å². The second kappa shape index (κ2) is 5.71. The number of likely N-dealkylation sites (tertiary alicyclic amines) is 1. The molecule has 1 fully saturated rings. The molecule has 5 heteroatoms. The van der Waals surface area contributed by atoms with Crippen LogP contribution in [-0.2, 0) is 4.74 Å². The number of ether oxygens (including phenoxy) is 1. The summed E-state index contributed by atoms with van der Waals surface area (Å²) in [5, 5.41) is 9.79. The molecule has 0 spiro atoms. The molecule has 1 aliphatic rings. The minimum absolute atomic E-state index is 0.0169. The molecule has 0 aromatic heterocycles. The van der Waals surface area contributed by atoms with E-state index in [1.165, 1.54) is 6.07 Å². The molecule has 1 aromatic carbocycles. The van der Waals surface area contributed by atoms with Gasteiger partial charge in [0.1, 0.15) is 5.75 Å². The minimum atomic E-state index is -0.116. The Kier molecular flexibility index (Phi) is 4.24. The van der Waals surface area contributed by atoms with Crippen molar-refractivity contribution in [1.82, 2.24) is 4.90 Å². The number of methoxy groups -OCH3 is 1. The number of hydrogen-bond donors (Lipinski definition) is 1. The van der Waals surface area contributed by atoms with Gasteiger partial charge in [-0.25, -0.2) is 0 Å². The van der Waals surface area contributed by atoms with E-state index >= 15 is 0 Å². The van der Waals surface area contributed by atoms with E-state index in [9.17, 15) is 9.90 Å². The molecule has 0 radical (unpaired) electrons. The SMILES string of the molecule is COC1CCN(C(=O)c2ccc(Br)cc2O)CC1. The highest BCUT2D eigenvalue weighted by Gasteiger charge is 2.24. The van der Waals surface area contributed by atoms with Crippen molar-refractivity contribution in [2.24, 2.45) is 0 Å². The third kappa shape index (κ3) is 2.84. The molecule has 18 heavy (non-hydrogen) atoms. The smallest absolute Gasteiger partial charge is 0.257 e. The van der Waals surface area contributed by atoms with Crippen LogP contribution in [0.3, 0.4) is 0 Å². The van der Waals surface area contributed by atoms with Gasteiger partial charge in [-0.2, -0.15) is 0 Å². The van der Waals surface area contributed by atoms with Gasteiger partial charge in [-0.15, -0.1) is 0 Å². The Morgan fingerprint density at radius 3 is 2.67 bits per heavy atom. The Bertz CT molecular complexity index is 442. The Morgan fingerprint density at radius 1 is 1.44 bits per heavy atom. The maximum Gasteiger partial charge on any atom is 0.257 e. The number of phenols is 1. The van der Waals surface area contributed by atoms with Crippen LogP contribution in [-0.4, -0.2) is 42.2 Å². The summed E-state index contributed by atoms with van der Waals surface area (Å²) < 4.78 is 6.03. The Hall–Kier alpha value is -1.07. The van der Waals surface area contributed by atoms with Crippen LogP contribution in [0.25, 0.3) is 0 Å². The van der Waals surface area contributed by atoms with Crippen molar-refractivity contribution in [2.75, 3.05) is 20.2 Å². The highest BCUT2D eigenvalue weighted by Crippen LogP contribution is 2.25. The first kappa shape index (κ1) is 13.4. The van der Waals surface area contributed by atoms with E-state index in [-0.39, 0.29) is 17.8 Å². The maximum absolute atomic E-state index is 12.2. The van der Waals surface area contributed by atoms with Crippen molar-refractivity contribution in [3.05, 3.63) is 28.2 Å². The molecule has 0 unspecified atom stereocenters. The molecule has 98 valence electrons. The second-order valence-corrected chi connectivity index (χ2v) is 5.30. The molecule has 0 saturated carbocycles. The van der Waals surface area contributed by atoms with E-state index in [1.54, 1.807) is 24.1 Å². The molecule has 2 rings (SSSR count). The first-order chi connectivity index (χ1) is 8.61. The van der Waals surface area contributed by atoms with Crippen LogP contribution in [0.1, 0.15) is 23.2 Å². The van der Waals surface area contributed by atoms with Crippen molar-refractivity contribution >= 4 is 21.8 Å². The number of hydrogen-bond acceptors (Lipinski definition) is 3.